The van der Waals surface area contributed by atoms with Crippen LogP contribution in [0.3, 0.4) is 0 Å². The molecule has 2 aliphatic rings. The molecule has 2 heteroatoms. The van der Waals surface area contributed by atoms with Crippen molar-refractivity contribution in [3.8, 4) is 0 Å². The van der Waals surface area contributed by atoms with Gasteiger partial charge in [-0.1, -0.05) is 13.3 Å². The van der Waals surface area contributed by atoms with Gasteiger partial charge in [-0.3, -0.25) is 0 Å². The van der Waals surface area contributed by atoms with Crippen LogP contribution in [0.25, 0.3) is 0 Å². The van der Waals surface area contributed by atoms with Crippen molar-refractivity contribution >= 4 is 0 Å². The minimum absolute atomic E-state index is 0.00719. The molecule has 0 amide bonds. The highest BCUT2D eigenvalue weighted by Gasteiger charge is 2.28. The molecule has 0 aromatic carbocycles. The monoisotopic (exact) mass is 197 g/mol. The Morgan fingerprint density at radius 3 is 2.71 bits per heavy atom. The molecule has 0 radical (unpaired) electrons. The van der Waals surface area contributed by atoms with Crippen molar-refractivity contribution in [3.63, 3.8) is 0 Å². The SMILES string of the molecule is CC1CCCN(CC2CCCC2O)C1. The van der Waals surface area contributed by atoms with Gasteiger partial charge in [0.05, 0.1) is 6.10 Å². The molecule has 1 saturated carbocycles. The van der Waals surface area contributed by atoms with Gasteiger partial charge < -0.3 is 10.0 Å². The van der Waals surface area contributed by atoms with Crippen LogP contribution in [0.1, 0.15) is 39.0 Å². The Kier molecular flexibility index (Phi) is 3.45. The first-order valence-corrected chi connectivity index (χ1v) is 6.16. The van der Waals surface area contributed by atoms with Gasteiger partial charge in [0.2, 0.25) is 0 Å². The van der Waals surface area contributed by atoms with E-state index in [-0.39, 0.29) is 6.10 Å². The van der Waals surface area contributed by atoms with Gasteiger partial charge in [-0.2, -0.15) is 0 Å². The standard InChI is InChI=1S/C12H23NO/c1-10-4-3-7-13(8-10)9-11-5-2-6-12(11)14/h10-12,14H,2-9H2,1H3. The quantitative estimate of drug-likeness (QED) is 0.730. The topological polar surface area (TPSA) is 23.5 Å². The van der Waals surface area contributed by atoms with Gasteiger partial charge in [-0.25, -0.2) is 0 Å². The normalized spacial score (nSPS) is 40.3. The van der Waals surface area contributed by atoms with Gasteiger partial charge >= 0.3 is 0 Å². The predicted molar refractivity (Wildman–Crippen MR) is 58.2 cm³/mol. The number of hydrogen-bond donors (Lipinski definition) is 1. The zero-order valence-electron chi connectivity index (χ0n) is 9.28. The van der Waals surface area contributed by atoms with Gasteiger partial charge in [0.25, 0.3) is 0 Å². The van der Waals surface area contributed by atoms with Crippen LogP contribution in [-0.2, 0) is 0 Å². The molecule has 0 aromatic rings. The summed E-state index contributed by atoms with van der Waals surface area (Å²) in [7, 11) is 0. The molecule has 1 aliphatic carbocycles. The van der Waals surface area contributed by atoms with Crippen LogP contribution in [0, 0.1) is 11.8 Å². The van der Waals surface area contributed by atoms with Gasteiger partial charge in [-0.15, -0.1) is 0 Å². The largest absolute Gasteiger partial charge is 0.393 e. The van der Waals surface area contributed by atoms with Crippen LogP contribution in [-0.4, -0.2) is 35.7 Å². The Balaban J connectivity index is 1.78. The fourth-order valence-electron chi connectivity index (χ4n) is 3.01. The van der Waals surface area contributed by atoms with Crippen LogP contribution < -0.4 is 0 Å². The second-order valence-electron chi connectivity index (χ2n) is 5.27. The van der Waals surface area contributed by atoms with Crippen molar-refractivity contribution in [1.82, 2.24) is 4.90 Å². The van der Waals surface area contributed by atoms with Crippen molar-refractivity contribution in [3.05, 3.63) is 0 Å². The average Bonchev–Trinajstić information content (AvgIpc) is 2.52. The molecular formula is C12H23NO. The third-order valence-corrected chi connectivity index (χ3v) is 3.85. The minimum Gasteiger partial charge on any atom is -0.393 e. The summed E-state index contributed by atoms with van der Waals surface area (Å²) >= 11 is 0. The highest BCUT2D eigenvalue weighted by atomic mass is 16.3. The summed E-state index contributed by atoms with van der Waals surface area (Å²) in [5.41, 5.74) is 0. The summed E-state index contributed by atoms with van der Waals surface area (Å²) in [4.78, 5) is 2.56. The third kappa shape index (κ3) is 2.48. The van der Waals surface area contributed by atoms with Crippen molar-refractivity contribution in [2.45, 2.75) is 45.1 Å². The first-order valence-electron chi connectivity index (χ1n) is 6.16. The molecule has 0 aromatic heterocycles. The molecule has 2 nitrogen and oxygen atoms in total. The molecular weight excluding hydrogens is 174 g/mol. The maximum absolute atomic E-state index is 9.76. The van der Waals surface area contributed by atoms with E-state index in [1.165, 1.54) is 38.8 Å². The van der Waals surface area contributed by atoms with E-state index in [9.17, 15) is 5.11 Å². The zero-order chi connectivity index (χ0) is 9.97. The number of rotatable bonds is 2. The maximum atomic E-state index is 9.76. The van der Waals surface area contributed by atoms with E-state index in [2.05, 4.69) is 11.8 Å². The summed E-state index contributed by atoms with van der Waals surface area (Å²) in [6, 6.07) is 0. The van der Waals surface area contributed by atoms with E-state index < -0.39 is 0 Å². The van der Waals surface area contributed by atoms with Gasteiger partial charge in [-0.05, 0) is 44.1 Å². The number of hydrogen-bond acceptors (Lipinski definition) is 2. The molecule has 14 heavy (non-hydrogen) atoms. The second-order valence-corrected chi connectivity index (χ2v) is 5.27. The number of aliphatic hydroxyl groups is 1. The number of aliphatic hydroxyl groups excluding tert-OH is 1. The average molecular weight is 197 g/mol. The highest BCUT2D eigenvalue weighted by molar-refractivity contribution is 4.81. The molecule has 1 heterocycles. The first kappa shape index (κ1) is 10.4. The van der Waals surface area contributed by atoms with Crippen molar-refractivity contribution < 1.29 is 5.11 Å². The summed E-state index contributed by atoms with van der Waals surface area (Å²) in [6.45, 7) is 6.00. The molecule has 2 fully saturated rings. The molecule has 1 saturated heterocycles. The number of piperidine rings is 1. The van der Waals surface area contributed by atoms with Crippen molar-refractivity contribution in [1.29, 1.82) is 0 Å². The summed E-state index contributed by atoms with van der Waals surface area (Å²) in [6.07, 6.45) is 6.25. The van der Waals surface area contributed by atoms with E-state index in [1.807, 2.05) is 0 Å². The van der Waals surface area contributed by atoms with E-state index >= 15 is 0 Å². The molecule has 2 rings (SSSR count). The molecule has 0 bridgehead atoms. The predicted octanol–water partition coefficient (Wildman–Crippen LogP) is 1.88. The smallest absolute Gasteiger partial charge is 0.0580 e. The van der Waals surface area contributed by atoms with Crippen LogP contribution >= 0.6 is 0 Å². The van der Waals surface area contributed by atoms with E-state index in [1.54, 1.807) is 0 Å². The Hall–Kier alpha value is -0.0800. The Bertz CT molecular complexity index is 183. The van der Waals surface area contributed by atoms with Crippen LogP contribution in [0.2, 0.25) is 0 Å². The number of nitrogens with zero attached hydrogens (tertiary/aromatic N) is 1. The first-order chi connectivity index (χ1) is 6.75. The molecule has 1 aliphatic heterocycles. The van der Waals surface area contributed by atoms with E-state index in [4.69, 9.17) is 0 Å². The Morgan fingerprint density at radius 2 is 2.07 bits per heavy atom. The second kappa shape index (κ2) is 4.63. The summed E-state index contributed by atoms with van der Waals surface area (Å²) < 4.78 is 0. The molecule has 3 atom stereocenters. The highest BCUT2D eigenvalue weighted by Crippen LogP contribution is 2.27. The van der Waals surface area contributed by atoms with Gasteiger partial charge in [0, 0.05) is 13.1 Å². The lowest BCUT2D eigenvalue weighted by molar-refractivity contribution is 0.0854. The molecule has 0 spiro atoms. The van der Waals surface area contributed by atoms with Gasteiger partial charge in [0.1, 0.15) is 0 Å². The van der Waals surface area contributed by atoms with E-state index in [0.29, 0.717) is 5.92 Å². The van der Waals surface area contributed by atoms with Crippen molar-refractivity contribution in [2.24, 2.45) is 11.8 Å². The van der Waals surface area contributed by atoms with Crippen LogP contribution in [0.4, 0.5) is 0 Å². The summed E-state index contributed by atoms with van der Waals surface area (Å²) in [5.74, 6) is 1.43. The zero-order valence-corrected chi connectivity index (χ0v) is 9.28. The lowest BCUT2D eigenvalue weighted by Gasteiger charge is -2.33. The van der Waals surface area contributed by atoms with Crippen LogP contribution in [0.5, 0.6) is 0 Å². The minimum atomic E-state index is -0.00719. The third-order valence-electron chi connectivity index (χ3n) is 3.85. The summed E-state index contributed by atoms with van der Waals surface area (Å²) in [5, 5.41) is 9.76. The molecule has 82 valence electrons. The Labute approximate surface area is 87.3 Å². The molecule has 3 unspecified atom stereocenters. The lowest BCUT2D eigenvalue weighted by atomic mass is 9.98. The fraction of sp³-hybridized carbons (Fsp3) is 1.00. The van der Waals surface area contributed by atoms with Crippen LogP contribution in [0.15, 0.2) is 0 Å². The van der Waals surface area contributed by atoms with Crippen molar-refractivity contribution in [2.75, 3.05) is 19.6 Å². The van der Waals surface area contributed by atoms with E-state index in [0.717, 1.165) is 18.9 Å². The maximum Gasteiger partial charge on any atom is 0.0580 e. The number of likely N-dealkylation sites (tertiary alicyclic amines) is 1. The molecule has 1 N–H and O–H groups in total. The van der Waals surface area contributed by atoms with Gasteiger partial charge in [0.15, 0.2) is 0 Å². The lowest BCUT2D eigenvalue weighted by Crippen LogP contribution is -2.39. The fourth-order valence-corrected chi connectivity index (χ4v) is 3.01. The Morgan fingerprint density at radius 1 is 1.21 bits per heavy atom.